The zero-order chi connectivity index (χ0) is 22.3. The van der Waals surface area contributed by atoms with Crippen molar-refractivity contribution in [3.05, 3.63) is 52.7 Å². The average molecular weight is 432 g/mol. The summed E-state index contributed by atoms with van der Waals surface area (Å²) in [5, 5.41) is 58.5. The summed E-state index contributed by atoms with van der Waals surface area (Å²) in [6, 6.07) is 9.61. The fourth-order valence-electron chi connectivity index (χ4n) is 3.36. The lowest BCUT2D eigenvalue weighted by atomic mass is 9.99. The van der Waals surface area contributed by atoms with Crippen LogP contribution in [0, 0.1) is 0 Å². The Kier molecular flexibility index (Phi) is 5.56. The van der Waals surface area contributed by atoms with Gasteiger partial charge in [0.2, 0.25) is 6.29 Å². The minimum absolute atomic E-state index is 0.00400. The number of aliphatic hydroxyl groups excluding tert-OH is 4. The molecular formula is C21H20O10. The first kappa shape index (κ1) is 21.1. The van der Waals surface area contributed by atoms with Gasteiger partial charge in [-0.05, 0) is 30.3 Å². The number of aliphatic hydroxyl groups is 4. The predicted molar refractivity (Wildman–Crippen MR) is 105 cm³/mol. The van der Waals surface area contributed by atoms with Crippen molar-refractivity contribution < 1.29 is 44.5 Å². The van der Waals surface area contributed by atoms with Crippen molar-refractivity contribution >= 4 is 0 Å². The molecule has 31 heavy (non-hydrogen) atoms. The number of phenolic OH excluding ortho intramolecular Hbond substituents is 2. The minimum Gasteiger partial charge on any atom is -0.504 e. The molecule has 6 N–H and O–H groups in total. The Morgan fingerprint density at radius 1 is 0.871 bits per heavy atom. The van der Waals surface area contributed by atoms with E-state index in [0.29, 0.717) is 16.9 Å². The van der Waals surface area contributed by atoms with Crippen LogP contribution in [0.2, 0.25) is 0 Å². The van der Waals surface area contributed by atoms with Crippen molar-refractivity contribution in [3.8, 4) is 39.9 Å². The summed E-state index contributed by atoms with van der Waals surface area (Å²) in [5.41, 5.74) is 0.328. The lowest BCUT2D eigenvalue weighted by Gasteiger charge is -2.39. The van der Waals surface area contributed by atoms with Crippen LogP contribution in [0.15, 0.2) is 51.7 Å². The van der Waals surface area contributed by atoms with E-state index in [9.17, 15) is 35.4 Å². The van der Waals surface area contributed by atoms with E-state index in [4.69, 9.17) is 13.9 Å². The number of benzene rings is 2. The monoisotopic (exact) mass is 432 g/mol. The molecule has 2 heterocycles. The highest BCUT2D eigenvalue weighted by atomic mass is 16.7. The molecule has 3 aliphatic rings. The second kappa shape index (κ2) is 8.17. The molecule has 0 aromatic heterocycles. The van der Waals surface area contributed by atoms with Crippen LogP contribution < -0.4 is 10.2 Å². The summed E-state index contributed by atoms with van der Waals surface area (Å²) >= 11 is 0. The molecule has 0 unspecified atom stereocenters. The van der Waals surface area contributed by atoms with E-state index in [2.05, 4.69) is 0 Å². The number of ether oxygens (including phenoxy) is 2. The number of fused-ring (bicyclic) bond motifs is 1. The maximum Gasteiger partial charge on any atom is 0.229 e. The van der Waals surface area contributed by atoms with Gasteiger partial charge in [0.05, 0.1) is 12.2 Å². The molecule has 164 valence electrons. The first-order valence-corrected chi connectivity index (χ1v) is 9.36. The van der Waals surface area contributed by atoms with E-state index in [1.165, 1.54) is 24.3 Å². The second-order valence-corrected chi connectivity index (χ2v) is 7.15. The van der Waals surface area contributed by atoms with Gasteiger partial charge in [0, 0.05) is 17.7 Å². The Bertz CT molecular complexity index is 1110. The number of phenols is 2. The molecule has 0 saturated carbocycles. The van der Waals surface area contributed by atoms with Gasteiger partial charge in [-0.15, -0.1) is 0 Å². The first-order valence-electron chi connectivity index (χ1n) is 9.36. The quantitative estimate of drug-likeness (QED) is 0.309. The molecular weight excluding hydrogens is 412 g/mol. The van der Waals surface area contributed by atoms with Crippen LogP contribution in [0.4, 0.5) is 0 Å². The lowest BCUT2D eigenvalue weighted by molar-refractivity contribution is -0.277. The van der Waals surface area contributed by atoms with Crippen molar-refractivity contribution in [2.75, 3.05) is 6.61 Å². The van der Waals surface area contributed by atoms with Gasteiger partial charge in [0.15, 0.2) is 16.9 Å². The molecule has 1 aromatic carbocycles. The van der Waals surface area contributed by atoms with Crippen LogP contribution in [0.5, 0.6) is 17.2 Å². The van der Waals surface area contributed by atoms with Gasteiger partial charge in [0.1, 0.15) is 41.7 Å². The zero-order valence-electron chi connectivity index (χ0n) is 16.0. The predicted octanol–water partition coefficient (Wildman–Crippen LogP) is 0.00150. The van der Waals surface area contributed by atoms with Gasteiger partial charge in [-0.3, -0.25) is 4.79 Å². The molecule has 1 fully saturated rings. The van der Waals surface area contributed by atoms with Crippen LogP contribution >= 0.6 is 0 Å². The Hall–Kier alpha value is -3.15. The molecule has 0 bridgehead atoms. The fraction of sp³-hybridized carbons (Fsp3) is 0.286. The smallest absolute Gasteiger partial charge is 0.229 e. The SMILES string of the molecule is O=c1cc2oc(-c3ccc(O)c(O)c3)ccc-2c(O[C@@H]2O[C@H](CO)[C@@H](O)[C@H](O)[C@H]2O)c1. The Morgan fingerprint density at radius 3 is 2.35 bits per heavy atom. The Balaban J connectivity index is 1.69. The van der Waals surface area contributed by atoms with Crippen molar-refractivity contribution in [2.45, 2.75) is 30.7 Å². The highest BCUT2D eigenvalue weighted by Crippen LogP contribution is 2.37. The number of hydrogen-bond donors (Lipinski definition) is 6. The van der Waals surface area contributed by atoms with E-state index < -0.39 is 42.7 Å². The van der Waals surface area contributed by atoms with Gasteiger partial charge in [-0.25, -0.2) is 0 Å². The van der Waals surface area contributed by atoms with E-state index in [-0.39, 0.29) is 23.0 Å². The van der Waals surface area contributed by atoms with E-state index in [1.807, 2.05) is 0 Å². The molecule has 4 rings (SSSR count). The third-order valence-electron chi connectivity index (χ3n) is 5.05. The van der Waals surface area contributed by atoms with Crippen molar-refractivity contribution in [3.63, 3.8) is 0 Å². The van der Waals surface area contributed by atoms with Crippen LogP contribution in [0.1, 0.15) is 0 Å². The number of aromatic hydroxyl groups is 2. The first-order chi connectivity index (χ1) is 14.8. The van der Waals surface area contributed by atoms with Crippen LogP contribution in [-0.4, -0.2) is 68.0 Å². The maximum absolute atomic E-state index is 12.2. The Labute approximate surface area is 175 Å². The normalized spacial score (nSPS) is 26.1. The summed E-state index contributed by atoms with van der Waals surface area (Å²) in [6.45, 7) is -0.620. The molecule has 0 spiro atoms. The molecule has 10 nitrogen and oxygen atoms in total. The molecule has 1 aliphatic carbocycles. The van der Waals surface area contributed by atoms with Crippen LogP contribution in [-0.2, 0) is 4.74 Å². The zero-order valence-corrected chi connectivity index (χ0v) is 16.0. The maximum atomic E-state index is 12.2. The third-order valence-corrected chi connectivity index (χ3v) is 5.05. The summed E-state index contributed by atoms with van der Waals surface area (Å²) in [6.07, 6.45) is -7.44. The largest absolute Gasteiger partial charge is 0.504 e. The summed E-state index contributed by atoms with van der Waals surface area (Å²) < 4.78 is 16.7. The molecule has 1 saturated heterocycles. The van der Waals surface area contributed by atoms with Crippen molar-refractivity contribution in [1.29, 1.82) is 0 Å². The van der Waals surface area contributed by atoms with Gasteiger partial charge in [0.25, 0.3) is 0 Å². The van der Waals surface area contributed by atoms with Crippen molar-refractivity contribution in [2.24, 2.45) is 0 Å². The minimum atomic E-state index is -1.64. The molecule has 0 amide bonds. The fourth-order valence-corrected chi connectivity index (χ4v) is 3.36. The molecule has 2 aliphatic heterocycles. The lowest BCUT2D eigenvalue weighted by Crippen LogP contribution is -2.60. The molecule has 5 atom stereocenters. The van der Waals surface area contributed by atoms with Gasteiger partial charge in [-0.2, -0.15) is 0 Å². The second-order valence-electron chi connectivity index (χ2n) is 7.15. The summed E-state index contributed by atoms with van der Waals surface area (Å²) in [4.78, 5) is 12.2. The highest BCUT2D eigenvalue weighted by Gasteiger charge is 2.45. The standard InChI is InChI=1S/C21H20O10/c22-8-17-18(26)19(27)20(28)21(31-17)30-16-7-10(23)6-15-11(16)2-4-14(29-15)9-1-3-12(24)13(25)5-9/h1-7,17-22,24-28H,8H2/t17-,18-,19+,20-,21-/m1/s1. The molecule has 10 heteroatoms. The topological polar surface area (TPSA) is 170 Å². The Morgan fingerprint density at radius 2 is 1.65 bits per heavy atom. The van der Waals surface area contributed by atoms with Gasteiger partial charge < -0.3 is 44.5 Å². The average Bonchev–Trinajstić information content (AvgIpc) is 2.75. The van der Waals surface area contributed by atoms with Gasteiger partial charge in [-0.1, -0.05) is 0 Å². The summed E-state index contributed by atoms with van der Waals surface area (Å²) in [7, 11) is 0. The van der Waals surface area contributed by atoms with Crippen LogP contribution in [0.3, 0.4) is 0 Å². The molecule has 0 radical (unpaired) electrons. The van der Waals surface area contributed by atoms with Gasteiger partial charge >= 0.3 is 0 Å². The highest BCUT2D eigenvalue weighted by molar-refractivity contribution is 5.71. The molecule has 1 aromatic rings. The van der Waals surface area contributed by atoms with Crippen LogP contribution in [0.25, 0.3) is 22.6 Å². The summed E-state index contributed by atoms with van der Waals surface area (Å²) in [5.74, 6) is -0.196. The number of rotatable bonds is 4. The van der Waals surface area contributed by atoms with E-state index in [0.717, 1.165) is 6.07 Å². The van der Waals surface area contributed by atoms with E-state index >= 15 is 0 Å². The number of hydrogen-bond acceptors (Lipinski definition) is 10. The van der Waals surface area contributed by atoms with E-state index in [1.54, 1.807) is 12.1 Å². The third kappa shape index (κ3) is 3.94. The van der Waals surface area contributed by atoms with Crippen molar-refractivity contribution in [1.82, 2.24) is 0 Å².